The van der Waals surface area contributed by atoms with E-state index in [0.29, 0.717) is 17.6 Å². The minimum atomic E-state index is -4.62. The number of hydrogen-bond acceptors (Lipinski definition) is 5. The van der Waals surface area contributed by atoms with Gasteiger partial charge in [0.25, 0.3) is 0 Å². The fourth-order valence-electron chi connectivity index (χ4n) is 2.80. The molecule has 3 aromatic rings. The number of benzene rings is 1. The molecule has 0 fully saturated rings. The number of carbonyl (C=O) groups excluding carboxylic acids is 1. The van der Waals surface area contributed by atoms with Crippen LogP contribution in [0.5, 0.6) is 0 Å². The molecule has 0 aliphatic carbocycles. The zero-order valence-electron chi connectivity index (χ0n) is 18.3. The van der Waals surface area contributed by atoms with Crippen molar-refractivity contribution in [2.45, 2.75) is 19.5 Å². The van der Waals surface area contributed by atoms with Crippen molar-refractivity contribution in [3.63, 3.8) is 0 Å². The van der Waals surface area contributed by atoms with Gasteiger partial charge in [0.15, 0.2) is 0 Å². The van der Waals surface area contributed by atoms with Gasteiger partial charge in [-0.05, 0) is 30.3 Å². The Morgan fingerprint density at radius 2 is 1.94 bits per heavy atom. The first-order chi connectivity index (χ1) is 16.1. The van der Waals surface area contributed by atoms with Crippen LogP contribution < -0.4 is 10.6 Å². The lowest BCUT2D eigenvalue weighted by Gasteiger charge is -2.08. The number of halogens is 3. The summed E-state index contributed by atoms with van der Waals surface area (Å²) < 4.78 is 39.9. The van der Waals surface area contributed by atoms with Crippen molar-refractivity contribution in [2.24, 2.45) is 17.0 Å². The Kier molecular flexibility index (Phi) is 7.51. The number of hydrogen-bond donors (Lipinski definition) is 2. The molecular formula is C22H21F3N8O. The largest absolute Gasteiger partial charge is 0.433 e. The summed E-state index contributed by atoms with van der Waals surface area (Å²) in [6.45, 7) is 5.36. The Morgan fingerprint density at radius 3 is 2.56 bits per heavy atom. The minimum absolute atomic E-state index is 0.0356. The number of alkyl halides is 3. The van der Waals surface area contributed by atoms with Gasteiger partial charge in [-0.3, -0.25) is 9.48 Å². The van der Waals surface area contributed by atoms with Crippen LogP contribution >= 0.6 is 0 Å². The third-order valence-electron chi connectivity index (χ3n) is 4.49. The highest BCUT2D eigenvalue weighted by molar-refractivity contribution is 5.97. The monoisotopic (exact) mass is 470 g/mol. The molecule has 0 saturated carbocycles. The summed E-state index contributed by atoms with van der Waals surface area (Å²) in [5.74, 6) is -0.411. The molecule has 176 valence electrons. The molecule has 0 atom stereocenters. The van der Waals surface area contributed by atoms with E-state index in [1.54, 1.807) is 42.5 Å². The lowest BCUT2D eigenvalue weighted by atomic mass is 10.0. The SMILES string of the molecule is C=N/C(=N\C=C(/C)c1ccc(CC(=O)Nc2cc(C(F)(F)F)ncn2)cc1)Nc1cnn(C)c1. The van der Waals surface area contributed by atoms with Gasteiger partial charge in [-0.2, -0.15) is 18.3 Å². The maximum absolute atomic E-state index is 12.7. The number of carbonyl (C=O) groups is 1. The maximum Gasteiger partial charge on any atom is 0.433 e. The molecule has 2 N–H and O–H groups in total. The van der Waals surface area contributed by atoms with E-state index in [-0.39, 0.29) is 12.2 Å². The molecule has 0 aliphatic heterocycles. The topological polar surface area (TPSA) is 109 Å². The van der Waals surface area contributed by atoms with E-state index in [1.807, 2.05) is 19.1 Å². The number of nitrogens with zero attached hydrogens (tertiary/aromatic N) is 6. The maximum atomic E-state index is 12.7. The number of allylic oxidation sites excluding steroid dienone is 1. The molecule has 34 heavy (non-hydrogen) atoms. The smallest absolute Gasteiger partial charge is 0.322 e. The van der Waals surface area contributed by atoms with E-state index in [4.69, 9.17) is 0 Å². The molecule has 0 saturated heterocycles. The van der Waals surface area contributed by atoms with Crippen LogP contribution in [0.1, 0.15) is 23.7 Å². The van der Waals surface area contributed by atoms with Crippen LogP contribution in [0.2, 0.25) is 0 Å². The summed E-state index contributed by atoms with van der Waals surface area (Å²) in [4.78, 5) is 27.2. The van der Waals surface area contributed by atoms with Crippen LogP contribution in [0.3, 0.4) is 0 Å². The summed E-state index contributed by atoms with van der Waals surface area (Å²) in [6.07, 6.45) is 1.13. The summed E-state index contributed by atoms with van der Waals surface area (Å²) in [5.41, 5.74) is 1.97. The van der Waals surface area contributed by atoms with E-state index in [9.17, 15) is 18.0 Å². The molecule has 0 unspecified atom stereocenters. The van der Waals surface area contributed by atoms with Gasteiger partial charge in [0.2, 0.25) is 11.9 Å². The number of anilines is 2. The number of aryl methyl sites for hydroxylation is 1. The molecule has 3 rings (SSSR count). The Morgan fingerprint density at radius 1 is 1.21 bits per heavy atom. The molecule has 1 amide bonds. The predicted octanol–water partition coefficient (Wildman–Crippen LogP) is 3.94. The lowest BCUT2D eigenvalue weighted by Crippen LogP contribution is -2.17. The molecule has 0 radical (unpaired) electrons. The molecule has 12 heteroatoms. The Labute approximate surface area is 193 Å². The first-order valence-corrected chi connectivity index (χ1v) is 9.89. The van der Waals surface area contributed by atoms with Crippen molar-refractivity contribution < 1.29 is 18.0 Å². The zero-order valence-corrected chi connectivity index (χ0v) is 18.3. The van der Waals surface area contributed by atoms with Gasteiger partial charge in [-0.15, -0.1) is 0 Å². The van der Waals surface area contributed by atoms with Crippen LogP contribution in [0, 0.1) is 0 Å². The van der Waals surface area contributed by atoms with Crippen molar-refractivity contribution in [3.8, 4) is 0 Å². The van der Waals surface area contributed by atoms with Gasteiger partial charge in [-0.25, -0.2) is 20.0 Å². The quantitative estimate of drug-likeness (QED) is 0.419. The van der Waals surface area contributed by atoms with E-state index in [2.05, 4.69) is 42.4 Å². The van der Waals surface area contributed by atoms with Crippen molar-refractivity contribution in [2.75, 3.05) is 10.6 Å². The molecule has 1 aromatic carbocycles. The number of amides is 1. The fraction of sp³-hybridized carbons (Fsp3) is 0.182. The lowest BCUT2D eigenvalue weighted by molar-refractivity contribution is -0.141. The second-order valence-electron chi connectivity index (χ2n) is 7.16. The van der Waals surface area contributed by atoms with Gasteiger partial charge in [0, 0.05) is 25.5 Å². The Hall–Kier alpha value is -4.35. The highest BCUT2D eigenvalue weighted by atomic mass is 19.4. The minimum Gasteiger partial charge on any atom is -0.322 e. The van der Waals surface area contributed by atoms with Gasteiger partial charge in [0.05, 0.1) is 18.3 Å². The molecule has 2 aromatic heterocycles. The molecule has 0 bridgehead atoms. The van der Waals surface area contributed by atoms with Crippen LogP contribution in [0.15, 0.2) is 65.2 Å². The summed E-state index contributed by atoms with van der Waals surface area (Å²) >= 11 is 0. The second-order valence-corrected chi connectivity index (χ2v) is 7.16. The van der Waals surface area contributed by atoms with Crippen molar-refractivity contribution in [1.29, 1.82) is 0 Å². The van der Waals surface area contributed by atoms with E-state index < -0.39 is 17.8 Å². The van der Waals surface area contributed by atoms with E-state index in [0.717, 1.165) is 23.2 Å². The highest BCUT2D eigenvalue weighted by Gasteiger charge is 2.32. The van der Waals surface area contributed by atoms with Crippen LogP contribution in [-0.4, -0.2) is 38.3 Å². The number of nitrogens with one attached hydrogen (secondary N) is 2. The average Bonchev–Trinajstić information content (AvgIpc) is 3.21. The van der Waals surface area contributed by atoms with Crippen molar-refractivity contribution in [3.05, 3.63) is 72.1 Å². The fourth-order valence-corrected chi connectivity index (χ4v) is 2.80. The van der Waals surface area contributed by atoms with Gasteiger partial charge in [0.1, 0.15) is 17.8 Å². The average molecular weight is 470 g/mol. The molecule has 0 spiro atoms. The van der Waals surface area contributed by atoms with Gasteiger partial charge >= 0.3 is 6.18 Å². The highest BCUT2D eigenvalue weighted by Crippen LogP contribution is 2.28. The molecular weight excluding hydrogens is 449 g/mol. The molecule has 2 heterocycles. The molecule has 9 nitrogen and oxygen atoms in total. The van der Waals surface area contributed by atoms with Gasteiger partial charge in [-0.1, -0.05) is 24.3 Å². The Balaban J connectivity index is 1.61. The van der Waals surface area contributed by atoms with Crippen LogP contribution in [0.4, 0.5) is 24.7 Å². The number of guanidine groups is 1. The molecule has 0 aliphatic rings. The normalized spacial score (nSPS) is 12.4. The number of rotatable bonds is 6. The summed E-state index contributed by atoms with van der Waals surface area (Å²) in [6, 6.07) is 7.80. The summed E-state index contributed by atoms with van der Waals surface area (Å²) in [7, 11) is 1.79. The van der Waals surface area contributed by atoms with Gasteiger partial charge < -0.3 is 10.6 Å². The standard InChI is InChI=1S/C22H21F3N8O/c1-14(10-27-21(26-2)31-17-11-30-33(3)12-17)16-6-4-15(5-7-16)8-20(34)32-19-9-18(22(23,24)25)28-13-29-19/h4-7,9-13H,2,8H2,1,3H3,(H,27,31)(H,28,29,32,34)/b14-10+. The predicted molar refractivity (Wildman–Crippen MR) is 123 cm³/mol. The Bertz CT molecular complexity index is 1230. The third kappa shape index (κ3) is 6.82. The van der Waals surface area contributed by atoms with Crippen LogP contribution in [-0.2, 0) is 24.4 Å². The first-order valence-electron chi connectivity index (χ1n) is 9.89. The third-order valence-corrected chi connectivity index (χ3v) is 4.49. The van der Waals surface area contributed by atoms with Crippen LogP contribution in [0.25, 0.3) is 5.57 Å². The van der Waals surface area contributed by atoms with E-state index in [1.165, 1.54) is 0 Å². The zero-order chi connectivity index (χ0) is 24.7. The second kappa shape index (κ2) is 10.5. The number of aromatic nitrogens is 4. The number of aliphatic imine (C=N–C) groups is 2. The first kappa shape index (κ1) is 24.3. The van der Waals surface area contributed by atoms with Crippen molar-refractivity contribution in [1.82, 2.24) is 19.7 Å². The summed E-state index contributed by atoms with van der Waals surface area (Å²) in [5, 5.41) is 9.40. The van der Waals surface area contributed by atoms with E-state index >= 15 is 0 Å². The van der Waals surface area contributed by atoms with Crippen molar-refractivity contribution >= 4 is 35.7 Å².